The molecule has 19 N–H and O–H groups in total. The molecule has 0 bridgehead atoms. The number of hydrogen-bond donors (Lipinski definition) is 13. The van der Waals surface area contributed by atoms with Crippen molar-refractivity contribution in [2.24, 2.45) is 0 Å². The fraction of sp³-hybridized carbons (Fsp3) is 0.326. The zero-order chi connectivity index (χ0) is 100.0. The van der Waals surface area contributed by atoms with Gasteiger partial charge in [0.1, 0.15) is 34.4 Å². The van der Waals surface area contributed by atoms with E-state index in [9.17, 15) is 48.9 Å². The molecular weight excluding hydrogens is 1830 g/mol. The summed E-state index contributed by atoms with van der Waals surface area (Å²) < 4.78 is 55.6. The molecule has 0 aliphatic rings. The van der Waals surface area contributed by atoms with Crippen LogP contribution in [0.5, 0.6) is 0 Å². The first-order chi connectivity index (χ1) is 63.5. The lowest BCUT2D eigenvalue weighted by atomic mass is 10.1. The first kappa shape index (κ1) is 114. The lowest BCUT2D eigenvalue weighted by Gasteiger charge is -2.09. The largest absolute Gasteiger partial charge is 0.425 e. The molecule has 0 aliphatic heterocycles. The van der Waals surface area contributed by atoms with Gasteiger partial charge in [0.2, 0.25) is 5.44 Å². The number of imidazole rings is 2. The molecule has 0 spiro atoms. The van der Waals surface area contributed by atoms with Gasteiger partial charge in [-0.3, -0.25) is 45.0 Å². The maximum absolute atomic E-state index is 10.7. The summed E-state index contributed by atoms with van der Waals surface area (Å²) in [6.45, 7) is 6.23. The Morgan fingerprint density at radius 1 is 0.440 bits per heavy atom. The van der Waals surface area contributed by atoms with Crippen LogP contribution < -0.4 is 34.4 Å². The summed E-state index contributed by atoms with van der Waals surface area (Å²) in [5.74, 6) is 21.1. The molecule has 716 valence electrons. The monoisotopic (exact) mass is 1940 g/mol. The summed E-state index contributed by atoms with van der Waals surface area (Å²) in [6, 6.07) is 51.2. The summed E-state index contributed by atoms with van der Waals surface area (Å²) in [5, 5.41) is 76.3. The molecule has 36 nitrogen and oxygen atoms in total. The van der Waals surface area contributed by atoms with Crippen LogP contribution in [0.2, 0.25) is 0 Å². The Morgan fingerprint density at radius 3 is 1.10 bits per heavy atom. The molecule has 0 saturated carbocycles. The number of aliphatic hydroxyl groups is 4. The van der Waals surface area contributed by atoms with Crippen molar-refractivity contribution in [3.63, 3.8) is 0 Å². The first-order valence-electron chi connectivity index (χ1n) is 41.9. The van der Waals surface area contributed by atoms with Gasteiger partial charge in [-0.05, 0) is 253 Å². The summed E-state index contributed by atoms with van der Waals surface area (Å²) >= 11 is 3.10. The molecule has 0 fully saturated rings. The number of terminal acetylenes is 1. The Kier molecular flexibility index (Phi) is 52.8. The van der Waals surface area contributed by atoms with Crippen LogP contribution in [-0.2, 0) is 46.6 Å². The van der Waals surface area contributed by atoms with Gasteiger partial charge in [-0.2, -0.15) is 8.42 Å². The second-order valence-corrected chi connectivity index (χ2v) is 33.4. The maximum Gasteiger partial charge on any atom is 0.425 e. The minimum Gasteiger partial charge on any atom is -0.397 e. The van der Waals surface area contributed by atoms with Crippen molar-refractivity contribution in [1.82, 2.24) is 39.5 Å². The zero-order valence-electron chi connectivity index (χ0n) is 76.4. The number of nitrogens with two attached hydrogens (primary N) is 6. The fourth-order valence-electron chi connectivity index (χ4n) is 11.5. The molecule has 134 heavy (non-hydrogen) atoms. The van der Waals surface area contributed by atoms with Crippen LogP contribution >= 0.6 is 15.9 Å². The number of aryl methyl sites for hydroxylation is 3. The number of rotatable bonds is 29. The van der Waals surface area contributed by atoms with Gasteiger partial charge in [0.05, 0.1) is 73.0 Å². The van der Waals surface area contributed by atoms with Crippen LogP contribution in [0.4, 0.5) is 56.9 Å². The van der Waals surface area contributed by atoms with Crippen molar-refractivity contribution in [1.29, 1.82) is 0 Å². The van der Waals surface area contributed by atoms with Crippen LogP contribution in [0, 0.1) is 88.3 Å². The number of aromatic amines is 2. The fourth-order valence-corrected chi connectivity index (χ4v) is 12.4. The minimum atomic E-state index is -4.48. The number of nitrogen functional groups attached to an aromatic ring is 6. The molecule has 1 unspecified atom stereocenters. The van der Waals surface area contributed by atoms with Gasteiger partial charge < -0.3 is 84.4 Å². The Labute approximate surface area is 791 Å². The second kappa shape index (κ2) is 61.8. The van der Waals surface area contributed by atoms with Crippen molar-refractivity contribution in [2.45, 2.75) is 109 Å². The number of halogens is 1. The molecule has 11 rings (SSSR count). The number of fused-ring (bicyclic) bond motifs is 2. The first-order valence-corrected chi connectivity index (χ1v) is 45.2. The third-order valence-corrected chi connectivity index (χ3v) is 19.8. The Hall–Kier alpha value is -13.8. The number of nitro groups is 4. The Bertz CT molecular complexity index is 5880. The molecule has 0 aliphatic carbocycles. The maximum atomic E-state index is 10.7. The van der Waals surface area contributed by atoms with Crippen molar-refractivity contribution in [3.8, 4) is 70.6 Å². The number of H-pyrrole nitrogens is 2. The minimum absolute atomic E-state index is 0.0237. The SMILES string of the molecule is C#CCCO.CCCC#Cc1ccc(N)c([N+](=O)[O-])c1.CN(C)CCC#Cc1ccc(N)c([N+](=O)[O-])c1.CN(C)CCCCc1ccc(N)c(N)c1.CN(C)CCCCc1ccc2nc(-c3ccc(-c4nc5ccc(CCCCN(C)C)cc5[nH]4)cc3)[nH]c2c1.Nc1ccc(Br)cc1[N+](=O)[O-].Nc1ccc(C#CCCO)cc1[N+](=O)[O-].O=S(=O)(O)C(O)c1ccc(CO)cc1.O=S(=O)=O. The van der Waals surface area contributed by atoms with Gasteiger partial charge >= 0.3 is 10.6 Å². The predicted octanol–water partition coefficient (Wildman–Crippen LogP) is 14.0. The number of anilines is 6. The van der Waals surface area contributed by atoms with Gasteiger partial charge in [-0.25, -0.2) is 9.97 Å². The molecule has 0 radical (unpaired) electrons. The average molecular weight is 1950 g/mol. The third-order valence-electron chi connectivity index (χ3n) is 18.5. The van der Waals surface area contributed by atoms with Crippen molar-refractivity contribution < 1.29 is 65.7 Å². The predicted molar refractivity (Wildman–Crippen MR) is 534 cm³/mol. The normalized spacial score (nSPS) is 10.6. The van der Waals surface area contributed by atoms with E-state index in [-0.39, 0.29) is 70.9 Å². The zero-order valence-corrected chi connectivity index (χ0v) is 79.6. The molecule has 11 aromatic rings. The highest BCUT2D eigenvalue weighted by Crippen LogP contribution is 2.30. The molecule has 0 saturated heterocycles. The summed E-state index contributed by atoms with van der Waals surface area (Å²) in [7, 11) is 9.06. The van der Waals surface area contributed by atoms with E-state index in [2.05, 4.69) is 191 Å². The number of nitro benzene ring substituents is 4. The van der Waals surface area contributed by atoms with Crippen LogP contribution in [0.1, 0.15) is 127 Å². The Balaban J connectivity index is 0.000000415. The number of nitrogens with zero attached hydrogens (tertiary/aromatic N) is 10. The molecular formula is C95H119BrN18O18S2. The highest BCUT2D eigenvalue weighted by atomic mass is 79.9. The van der Waals surface area contributed by atoms with Gasteiger partial charge in [0.15, 0.2) is 0 Å². The summed E-state index contributed by atoms with van der Waals surface area (Å²) in [4.78, 5) is 65.5. The van der Waals surface area contributed by atoms with Gasteiger partial charge in [0, 0.05) is 88.8 Å². The van der Waals surface area contributed by atoms with E-state index < -0.39 is 45.9 Å². The van der Waals surface area contributed by atoms with Crippen LogP contribution in [0.25, 0.3) is 44.8 Å². The number of benzene rings is 9. The topological polar surface area (TPSA) is 586 Å². The van der Waals surface area contributed by atoms with Crippen molar-refractivity contribution in [2.75, 3.05) is 130 Å². The van der Waals surface area contributed by atoms with E-state index in [1.165, 1.54) is 128 Å². The summed E-state index contributed by atoms with van der Waals surface area (Å²) in [6.07, 6.45) is 18.6. The van der Waals surface area contributed by atoms with E-state index in [1.54, 1.807) is 24.3 Å². The van der Waals surface area contributed by atoms with Crippen molar-refractivity contribution in [3.05, 3.63) is 265 Å². The third kappa shape index (κ3) is 45.4. The van der Waals surface area contributed by atoms with E-state index in [0.717, 1.165) is 110 Å². The van der Waals surface area contributed by atoms with E-state index in [0.29, 0.717) is 50.9 Å². The average Bonchev–Trinajstić information content (AvgIpc) is 1.65. The van der Waals surface area contributed by atoms with Gasteiger partial charge in [0.25, 0.3) is 32.9 Å². The number of aromatic nitrogens is 4. The molecule has 2 heterocycles. The number of unbranched alkanes of at least 4 members (excludes halogenated alkanes) is 4. The summed E-state index contributed by atoms with van der Waals surface area (Å²) in [5.41, 5.74) is 45.5. The van der Waals surface area contributed by atoms with Crippen LogP contribution in [0.15, 0.2) is 180 Å². The van der Waals surface area contributed by atoms with E-state index >= 15 is 0 Å². The number of aliphatic hydroxyl groups excluding tert-OH is 4. The molecule has 2 aromatic heterocycles. The smallest absolute Gasteiger partial charge is 0.397 e. The van der Waals surface area contributed by atoms with E-state index in [1.807, 2.05) is 38.1 Å². The van der Waals surface area contributed by atoms with Gasteiger partial charge in [-0.15, -0.1) is 25.0 Å². The second-order valence-electron chi connectivity index (χ2n) is 30.6. The van der Waals surface area contributed by atoms with Crippen LogP contribution in [0.3, 0.4) is 0 Å². The lowest BCUT2D eigenvalue weighted by molar-refractivity contribution is -0.384. The molecule has 1 atom stereocenters. The Morgan fingerprint density at radius 2 is 0.776 bits per heavy atom. The molecule has 39 heteroatoms. The van der Waals surface area contributed by atoms with Crippen LogP contribution in [-0.4, -0.2) is 201 Å². The number of nitrogens with one attached hydrogen (secondary N) is 2. The molecule has 0 amide bonds. The lowest BCUT2D eigenvalue weighted by Crippen LogP contribution is -2.12. The highest BCUT2D eigenvalue weighted by molar-refractivity contribution is 9.10. The highest BCUT2D eigenvalue weighted by Gasteiger charge is 2.22. The quantitative estimate of drug-likeness (QED) is 0.00517. The number of hydrogen-bond acceptors (Lipinski definition) is 29. The van der Waals surface area contributed by atoms with Gasteiger partial charge in [-0.1, -0.05) is 125 Å². The standard InChI is InChI=1S/C32H40N6.C12H15N3O2.C12H21N3.C11H12N2O2.C10H10N2O3.C8H10O5S.C6H5BrN2O2.C4H6O.O3S/c1-37(2)19-7-5-9-23-11-17-27-29(21-23)35-31(33-27)25-13-15-26(16-14-25)32-34-28-18-12-24(22-30(28)36-32)10-6-8-20-38(3)4;1-14(2)8-4-3-5-10-6-7-11(13)12(9-10)15(16)17;1-15(2)8-4-3-5-10-6-7-11(13)12(14)9-10;1-2-3-4-5-9-6-7-10(12)11(8-9)13(14)15;11-9-5-4-8(3-1-2-6-13)7-10(9)12(14)15;9-5-6-1-3-7(4-2-6)8(10)14(11,12)13;7-4-1-2-5(8)6(3-4)9(10)11;1-2-3-4-5;1-4(2)3/h11-18,21-22H,5-10,19-20H2,1-4H3,(H,33,35)(H,34,36);6-7,9H,4,8,13H2,1-2H3;6-7,9H,3-5,8,13-14H2,1-2H3;6-8H,2-3,12H2,1H3;4-5,7,13H,2,6,11H2;1-4,8-10H,5H2,(H,11,12,13);1-3H,8H2;1,5H,3-4H2;. The van der Waals surface area contributed by atoms with E-state index in [4.69, 9.17) is 88.4 Å². The van der Waals surface area contributed by atoms with Crippen molar-refractivity contribution >= 4 is 116 Å². The molecule has 9 aromatic carbocycles.